The van der Waals surface area contributed by atoms with Crippen LogP contribution in [0.1, 0.15) is 43.0 Å². The Morgan fingerprint density at radius 1 is 1.10 bits per heavy atom. The minimum atomic E-state index is -0.775. The third-order valence-electron chi connectivity index (χ3n) is 5.01. The van der Waals surface area contributed by atoms with Crippen molar-refractivity contribution in [3.63, 3.8) is 0 Å². The van der Waals surface area contributed by atoms with Crippen LogP contribution in [0.5, 0.6) is 5.75 Å². The highest BCUT2D eigenvalue weighted by atomic mass is 19.1. The van der Waals surface area contributed by atoms with E-state index in [1.54, 1.807) is 25.1 Å². The van der Waals surface area contributed by atoms with E-state index >= 15 is 0 Å². The zero-order valence-corrected chi connectivity index (χ0v) is 18.6. The van der Waals surface area contributed by atoms with Crippen molar-refractivity contribution < 1.29 is 18.7 Å². The van der Waals surface area contributed by atoms with Crippen LogP contribution >= 0.6 is 0 Å². The molecule has 1 N–H and O–H groups in total. The molecule has 0 aromatic heterocycles. The molecule has 2 aromatic carbocycles. The molecule has 0 bridgehead atoms. The first kappa shape index (κ1) is 23.4. The third kappa shape index (κ3) is 6.05. The van der Waals surface area contributed by atoms with Crippen LogP contribution in [-0.4, -0.2) is 35.4 Å². The molecule has 162 valence electrons. The highest BCUT2D eigenvalue weighted by molar-refractivity contribution is 5.88. The number of aryl methyl sites for hydroxylation is 2. The van der Waals surface area contributed by atoms with Crippen molar-refractivity contribution in [2.75, 3.05) is 6.61 Å². The van der Waals surface area contributed by atoms with E-state index in [1.807, 2.05) is 46.8 Å². The summed E-state index contributed by atoms with van der Waals surface area (Å²) in [6, 6.07) is 9.33. The van der Waals surface area contributed by atoms with E-state index in [9.17, 15) is 14.0 Å². The van der Waals surface area contributed by atoms with E-state index in [0.717, 1.165) is 16.7 Å². The molecule has 2 amide bonds. The van der Waals surface area contributed by atoms with Gasteiger partial charge in [0, 0.05) is 18.2 Å². The van der Waals surface area contributed by atoms with Crippen LogP contribution in [0.2, 0.25) is 0 Å². The molecule has 0 saturated carbocycles. The second kappa shape index (κ2) is 10.2. The number of carbonyl (C=O) groups is 2. The van der Waals surface area contributed by atoms with Crippen LogP contribution in [-0.2, 0) is 16.1 Å². The number of halogens is 1. The normalized spacial score (nSPS) is 11.9. The first-order chi connectivity index (χ1) is 14.1. The first-order valence-corrected chi connectivity index (χ1v) is 10.1. The summed E-state index contributed by atoms with van der Waals surface area (Å²) in [6.45, 7) is 11.0. The van der Waals surface area contributed by atoms with Gasteiger partial charge in [0.1, 0.15) is 17.6 Å². The molecule has 0 aliphatic carbocycles. The van der Waals surface area contributed by atoms with E-state index < -0.39 is 11.9 Å². The molecule has 1 unspecified atom stereocenters. The highest BCUT2D eigenvalue weighted by Crippen LogP contribution is 2.23. The molecule has 2 aromatic rings. The van der Waals surface area contributed by atoms with Crippen LogP contribution < -0.4 is 10.1 Å². The fourth-order valence-electron chi connectivity index (χ4n) is 3.17. The van der Waals surface area contributed by atoms with Crippen molar-refractivity contribution in [2.45, 2.75) is 60.2 Å². The average Bonchev–Trinajstić information content (AvgIpc) is 2.67. The van der Waals surface area contributed by atoms with Gasteiger partial charge < -0.3 is 15.0 Å². The van der Waals surface area contributed by atoms with Gasteiger partial charge >= 0.3 is 0 Å². The van der Waals surface area contributed by atoms with Crippen LogP contribution in [0.3, 0.4) is 0 Å². The lowest BCUT2D eigenvalue weighted by molar-refractivity contribution is -0.142. The van der Waals surface area contributed by atoms with E-state index in [0.29, 0.717) is 11.3 Å². The molecule has 0 spiro atoms. The molecule has 5 nitrogen and oxygen atoms in total. The molecule has 0 aliphatic heterocycles. The van der Waals surface area contributed by atoms with Crippen molar-refractivity contribution in [2.24, 2.45) is 0 Å². The Balaban J connectivity index is 2.23. The lowest BCUT2D eigenvalue weighted by Crippen LogP contribution is -2.50. The number of nitrogens with one attached hydrogen (secondary N) is 1. The zero-order chi connectivity index (χ0) is 22.4. The molecular weight excluding hydrogens is 383 g/mol. The summed E-state index contributed by atoms with van der Waals surface area (Å²) in [4.78, 5) is 27.0. The Morgan fingerprint density at radius 2 is 1.77 bits per heavy atom. The number of nitrogens with zero attached hydrogens (tertiary/aromatic N) is 1. The molecule has 0 aliphatic rings. The van der Waals surface area contributed by atoms with Crippen molar-refractivity contribution >= 4 is 11.8 Å². The van der Waals surface area contributed by atoms with Crippen molar-refractivity contribution in [3.8, 4) is 5.75 Å². The minimum Gasteiger partial charge on any atom is -0.483 e. The molecular formula is C24H31FN2O3. The highest BCUT2D eigenvalue weighted by Gasteiger charge is 2.27. The van der Waals surface area contributed by atoms with Crippen LogP contribution in [0.15, 0.2) is 36.4 Å². The first-order valence-electron chi connectivity index (χ1n) is 10.1. The fourth-order valence-corrected chi connectivity index (χ4v) is 3.17. The summed E-state index contributed by atoms with van der Waals surface area (Å²) in [5, 5.41) is 2.81. The van der Waals surface area contributed by atoms with Gasteiger partial charge in [-0.25, -0.2) is 4.39 Å². The van der Waals surface area contributed by atoms with E-state index in [4.69, 9.17) is 4.74 Å². The van der Waals surface area contributed by atoms with Gasteiger partial charge in [-0.15, -0.1) is 0 Å². The molecule has 0 radical (unpaired) electrons. The Bertz CT molecular complexity index is 911. The van der Waals surface area contributed by atoms with Crippen LogP contribution in [0, 0.1) is 26.6 Å². The standard InChI is InChI=1S/C24H31FN2O3/c1-15(2)26-24(29)19(6)27(13-20-9-7-8-10-21(20)25)23(28)14-30-22-12-16(3)11-17(4)18(22)5/h7-12,15,19H,13-14H2,1-6H3,(H,26,29). The van der Waals surface area contributed by atoms with Crippen LogP contribution in [0.4, 0.5) is 4.39 Å². The van der Waals surface area contributed by atoms with Crippen LogP contribution in [0.25, 0.3) is 0 Å². The summed E-state index contributed by atoms with van der Waals surface area (Å²) in [5.74, 6) is -0.468. The maximum atomic E-state index is 14.2. The van der Waals surface area contributed by atoms with Gasteiger partial charge in [0.05, 0.1) is 0 Å². The molecule has 1 atom stereocenters. The van der Waals surface area contributed by atoms with E-state index in [2.05, 4.69) is 5.32 Å². The van der Waals surface area contributed by atoms with Crippen molar-refractivity contribution in [1.29, 1.82) is 0 Å². The number of carbonyl (C=O) groups excluding carboxylic acids is 2. The smallest absolute Gasteiger partial charge is 0.261 e. The number of hydrogen-bond acceptors (Lipinski definition) is 3. The quantitative estimate of drug-likeness (QED) is 0.708. The maximum Gasteiger partial charge on any atom is 0.261 e. The Kier molecular flexibility index (Phi) is 7.98. The maximum absolute atomic E-state index is 14.2. The second-order valence-electron chi connectivity index (χ2n) is 7.95. The molecule has 0 heterocycles. The lowest BCUT2D eigenvalue weighted by atomic mass is 10.1. The topological polar surface area (TPSA) is 58.6 Å². The van der Waals surface area contributed by atoms with Gasteiger partial charge in [-0.3, -0.25) is 9.59 Å². The predicted molar refractivity (Wildman–Crippen MR) is 116 cm³/mol. The largest absolute Gasteiger partial charge is 0.483 e. The van der Waals surface area contributed by atoms with Gasteiger partial charge in [-0.05, 0) is 70.4 Å². The molecule has 2 rings (SSSR count). The molecule has 0 saturated heterocycles. The number of hydrogen-bond donors (Lipinski definition) is 1. The van der Waals surface area contributed by atoms with Gasteiger partial charge in [0.25, 0.3) is 5.91 Å². The van der Waals surface area contributed by atoms with Crippen molar-refractivity contribution in [1.82, 2.24) is 10.2 Å². The van der Waals surface area contributed by atoms with Gasteiger partial charge in [-0.2, -0.15) is 0 Å². The van der Waals surface area contributed by atoms with E-state index in [-0.39, 0.29) is 31.0 Å². The second-order valence-corrected chi connectivity index (χ2v) is 7.95. The fraction of sp³-hybridized carbons (Fsp3) is 0.417. The Morgan fingerprint density at radius 3 is 2.40 bits per heavy atom. The third-order valence-corrected chi connectivity index (χ3v) is 5.01. The molecule has 0 fully saturated rings. The SMILES string of the molecule is Cc1cc(C)c(C)c(OCC(=O)N(Cc2ccccc2F)C(C)C(=O)NC(C)C)c1. The van der Waals surface area contributed by atoms with E-state index in [1.165, 1.54) is 11.0 Å². The predicted octanol–water partition coefficient (Wildman–Crippen LogP) is 4.07. The summed E-state index contributed by atoms with van der Waals surface area (Å²) in [5.41, 5.74) is 3.41. The number of rotatable bonds is 8. The van der Waals surface area contributed by atoms with Gasteiger partial charge in [0.15, 0.2) is 6.61 Å². The molecule has 6 heteroatoms. The summed E-state index contributed by atoms with van der Waals surface area (Å²) in [7, 11) is 0. The Hall–Kier alpha value is -2.89. The Labute approximate surface area is 178 Å². The number of ether oxygens (including phenoxy) is 1. The minimum absolute atomic E-state index is 0.0205. The lowest BCUT2D eigenvalue weighted by Gasteiger charge is -2.29. The zero-order valence-electron chi connectivity index (χ0n) is 18.6. The van der Waals surface area contributed by atoms with Gasteiger partial charge in [-0.1, -0.05) is 24.3 Å². The van der Waals surface area contributed by atoms with Crippen molar-refractivity contribution in [3.05, 3.63) is 64.5 Å². The monoisotopic (exact) mass is 414 g/mol. The number of benzene rings is 2. The molecule has 30 heavy (non-hydrogen) atoms. The summed E-state index contributed by atoms with van der Waals surface area (Å²) >= 11 is 0. The average molecular weight is 415 g/mol. The summed E-state index contributed by atoms with van der Waals surface area (Å²) in [6.07, 6.45) is 0. The van der Waals surface area contributed by atoms with Gasteiger partial charge in [0.2, 0.25) is 5.91 Å². The number of amides is 2. The summed E-state index contributed by atoms with van der Waals surface area (Å²) < 4.78 is 20.0.